The van der Waals surface area contributed by atoms with Crippen LogP contribution in [0, 0.1) is 0 Å². The molecule has 0 saturated carbocycles. The Morgan fingerprint density at radius 3 is 1.25 bits per heavy atom. The van der Waals surface area contributed by atoms with E-state index >= 15 is 0 Å². The van der Waals surface area contributed by atoms with E-state index in [0.717, 1.165) is 57.8 Å². The van der Waals surface area contributed by atoms with Gasteiger partial charge in [0.2, 0.25) is 0 Å². The molecule has 0 saturated heterocycles. The van der Waals surface area contributed by atoms with Gasteiger partial charge in [-0.05, 0) is 70.6 Å². The maximum atomic E-state index is 12.6. The molecule has 55 heavy (non-hydrogen) atoms. The molecule has 0 aromatic rings. The van der Waals surface area contributed by atoms with Gasteiger partial charge >= 0.3 is 17.9 Å². The van der Waals surface area contributed by atoms with Gasteiger partial charge in [0.1, 0.15) is 13.2 Å². The molecule has 0 heterocycles. The molecule has 6 nitrogen and oxygen atoms in total. The van der Waals surface area contributed by atoms with Crippen LogP contribution in [0.15, 0.2) is 85.1 Å². The smallest absolute Gasteiger partial charge is 0.310 e. The Morgan fingerprint density at radius 2 is 0.782 bits per heavy atom. The lowest BCUT2D eigenvalue weighted by atomic mass is 10.1. The molecule has 1 unspecified atom stereocenters. The van der Waals surface area contributed by atoms with Crippen molar-refractivity contribution in [2.45, 2.75) is 194 Å². The normalized spacial score (nSPS) is 12.9. The highest BCUT2D eigenvalue weighted by molar-refractivity contribution is 5.72. The van der Waals surface area contributed by atoms with Crippen molar-refractivity contribution in [3.8, 4) is 0 Å². The fourth-order valence-corrected chi connectivity index (χ4v) is 5.68. The average Bonchev–Trinajstić information content (AvgIpc) is 3.18. The molecule has 0 spiro atoms. The summed E-state index contributed by atoms with van der Waals surface area (Å²) in [7, 11) is 0. The average molecular weight is 765 g/mol. The van der Waals surface area contributed by atoms with E-state index in [1.807, 2.05) is 12.2 Å². The van der Waals surface area contributed by atoms with Gasteiger partial charge in [0.25, 0.3) is 0 Å². The molecule has 0 radical (unpaired) electrons. The SMILES string of the molecule is CC/C=C\C/C=C\C/C=C\CC(=O)OCC(COC(=O)CCCCCCCCC/C=C\CCCCCCCCCC)OC(=O)C/C=C\C/C=C\C/C=C\CC. The van der Waals surface area contributed by atoms with Crippen LogP contribution < -0.4 is 0 Å². The van der Waals surface area contributed by atoms with Crippen molar-refractivity contribution in [3.63, 3.8) is 0 Å². The predicted octanol–water partition coefficient (Wildman–Crippen LogP) is 14.1. The molecule has 1 atom stereocenters. The molecule has 0 aromatic carbocycles. The van der Waals surface area contributed by atoms with Gasteiger partial charge in [0, 0.05) is 6.42 Å². The first-order chi connectivity index (χ1) is 27.0. The lowest BCUT2D eigenvalue weighted by Crippen LogP contribution is -2.30. The molecular weight excluding hydrogens is 685 g/mol. The van der Waals surface area contributed by atoms with Crippen molar-refractivity contribution in [1.29, 1.82) is 0 Å². The van der Waals surface area contributed by atoms with Crippen LogP contribution in [0.5, 0.6) is 0 Å². The number of rotatable bonds is 38. The van der Waals surface area contributed by atoms with Gasteiger partial charge in [0.05, 0.1) is 12.8 Å². The van der Waals surface area contributed by atoms with Gasteiger partial charge in [-0.25, -0.2) is 0 Å². The van der Waals surface area contributed by atoms with E-state index in [1.54, 1.807) is 12.2 Å². The maximum absolute atomic E-state index is 12.6. The van der Waals surface area contributed by atoms with Gasteiger partial charge in [-0.3, -0.25) is 14.4 Å². The van der Waals surface area contributed by atoms with Crippen LogP contribution in [0.3, 0.4) is 0 Å². The highest BCUT2D eigenvalue weighted by Crippen LogP contribution is 2.13. The Morgan fingerprint density at radius 1 is 0.400 bits per heavy atom. The van der Waals surface area contributed by atoms with Crippen molar-refractivity contribution < 1.29 is 28.6 Å². The van der Waals surface area contributed by atoms with Crippen molar-refractivity contribution in [3.05, 3.63) is 85.1 Å². The van der Waals surface area contributed by atoms with Crippen LogP contribution in [0.25, 0.3) is 0 Å². The summed E-state index contributed by atoms with van der Waals surface area (Å²) >= 11 is 0. The van der Waals surface area contributed by atoms with E-state index in [-0.39, 0.29) is 32.0 Å². The molecule has 0 rings (SSSR count). The second-order valence-electron chi connectivity index (χ2n) is 14.2. The predicted molar refractivity (Wildman–Crippen MR) is 233 cm³/mol. The third-order valence-corrected chi connectivity index (χ3v) is 8.93. The molecular formula is C49H80O6. The summed E-state index contributed by atoms with van der Waals surface area (Å²) in [6.07, 6.45) is 55.1. The molecule has 6 heteroatoms. The highest BCUT2D eigenvalue weighted by Gasteiger charge is 2.19. The molecule has 0 aliphatic carbocycles. The minimum absolute atomic E-state index is 0.0858. The summed E-state index contributed by atoms with van der Waals surface area (Å²) in [4.78, 5) is 37.4. The van der Waals surface area contributed by atoms with Crippen molar-refractivity contribution in [1.82, 2.24) is 0 Å². The van der Waals surface area contributed by atoms with Crippen LogP contribution in [0.4, 0.5) is 0 Å². The Kier molecular flexibility index (Phi) is 40.6. The fourth-order valence-electron chi connectivity index (χ4n) is 5.68. The Balaban J connectivity index is 4.38. The minimum atomic E-state index is -0.859. The third-order valence-electron chi connectivity index (χ3n) is 8.93. The molecule has 0 aliphatic heterocycles. The molecule has 0 aromatic heterocycles. The Hall–Kier alpha value is -3.41. The number of esters is 3. The quantitative estimate of drug-likeness (QED) is 0.0270. The first-order valence-corrected chi connectivity index (χ1v) is 22.1. The number of carbonyl (C=O) groups is 3. The molecule has 0 bridgehead atoms. The topological polar surface area (TPSA) is 78.9 Å². The summed E-state index contributed by atoms with van der Waals surface area (Å²) in [5, 5.41) is 0. The standard InChI is InChI=1S/C49H80O6/c1-4-7-10-13-16-19-20-21-22-23-24-25-26-27-28-31-33-36-39-42-48(51)54-45-46(55-49(52)43-40-37-34-30-18-15-12-9-6-3)44-53-47(50)41-38-35-32-29-17-14-11-8-5-2/h8-9,11-12,17-18,23-24,29-30,35,37-38,40,46H,4-7,10,13-16,19-22,25-28,31-34,36,39,41-45H2,1-3H3/b11-8-,12-9-,24-23-,29-17-,30-18-,38-35-,40-37-. The first kappa shape index (κ1) is 51.6. The molecule has 0 aliphatic rings. The zero-order valence-corrected chi connectivity index (χ0v) is 35.4. The number of unbranched alkanes of at least 4 members (excludes halogenated alkanes) is 15. The summed E-state index contributed by atoms with van der Waals surface area (Å²) in [5.74, 6) is -1.21. The van der Waals surface area contributed by atoms with Crippen LogP contribution in [0.2, 0.25) is 0 Å². The van der Waals surface area contributed by atoms with Crippen LogP contribution in [-0.2, 0) is 28.6 Å². The van der Waals surface area contributed by atoms with Crippen LogP contribution in [-0.4, -0.2) is 37.2 Å². The van der Waals surface area contributed by atoms with Crippen molar-refractivity contribution >= 4 is 17.9 Å². The zero-order chi connectivity index (χ0) is 40.1. The number of allylic oxidation sites excluding steroid dienone is 12. The fraction of sp³-hybridized carbons (Fsp3) is 0.653. The van der Waals surface area contributed by atoms with Gasteiger partial charge in [-0.2, -0.15) is 0 Å². The number of hydrogen-bond donors (Lipinski definition) is 0. The molecule has 0 fully saturated rings. The van der Waals surface area contributed by atoms with E-state index in [4.69, 9.17) is 14.2 Å². The Labute approximate surface area is 337 Å². The minimum Gasteiger partial charge on any atom is -0.462 e. The third kappa shape index (κ3) is 41.6. The van der Waals surface area contributed by atoms with Gasteiger partial charge < -0.3 is 14.2 Å². The summed E-state index contributed by atoms with van der Waals surface area (Å²) in [6.45, 7) is 6.18. The van der Waals surface area contributed by atoms with Gasteiger partial charge in [-0.15, -0.1) is 0 Å². The number of carbonyl (C=O) groups excluding carboxylic acids is 3. The van der Waals surface area contributed by atoms with Crippen LogP contribution in [0.1, 0.15) is 188 Å². The molecule has 0 amide bonds. The van der Waals surface area contributed by atoms with Gasteiger partial charge in [-0.1, -0.05) is 183 Å². The largest absolute Gasteiger partial charge is 0.462 e. The Bertz CT molecular complexity index is 1110. The first-order valence-electron chi connectivity index (χ1n) is 22.1. The van der Waals surface area contributed by atoms with Gasteiger partial charge in [0.15, 0.2) is 6.10 Å². The van der Waals surface area contributed by atoms with E-state index < -0.39 is 18.0 Å². The highest BCUT2D eigenvalue weighted by atomic mass is 16.6. The van der Waals surface area contributed by atoms with E-state index in [1.165, 1.54) is 89.9 Å². The monoisotopic (exact) mass is 765 g/mol. The van der Waals surface area contributed by atoms with Crippen LogP contribution >= 0.6 is 0 Å². The summed E-state index contributed by atoms with van der Waals surface area (Å²) in [6, 6.07) is 0. The lowest BCUT2D eigenvalue weighted by Gasteiger charge is -2.17. The van der Waals surface area contributed by atoms with E-state index in [0.29, 0.717) is 6.42 Å². The van der Waals surface area contributed by atoms with E-state index in [2.05, 4.69) is 81.5 Å². The zero-order valence-electron chi connectivity index (χ0n) is 35.4. The van der Waals surface area contributed by atoms with Crippen molar-refractivity contribution in [2.24, 2.45) is 0 Å². The summed E-state index contributed by atoms with van der Waals surface area (Å²) < 4.78 is 16.4. The number of hydrogen-bond acceptors (Lipinski definition) is 6. The van der Waals surface area contributed by atoms with E-state index in [9.17, 15) is 14.4 Å². The lowest BCUT2D eigenvalue weighted by molar-refractivity contribution is -0.166. The molecule has 312 valence electrons. The number of ether oxygens (including phenoxy) is 3. The summed E-state index contributed by atoms with van der Waals surface area (Å²) in [5.41, 5.74) is 0. The molecule has 0 N–H and O–H groups in total. The maximum Gasteiger partial charge on any atom is 0.310 e. The second kappa shape index (κ2) is 43.3. The second-order valence-corrected chi connectivity index (χ2v) is 14.2. The van der Waals surface area contributed by atoms with Crippen molar-refractivity contribution in [2.75, 3.05) is 13.2 Å².